The lowest BCUT2D eigenvalue weighted by Gasteiger charge is -2.25. The topological polar surface area (TPSA) is 68.0 Å². The molecular formula is C14H24N2O3. The molecule has 0 amide bonds. The number of aryl methyl sites for hydroxylation is 1. The largest absolute Gasteiger partial charge is 0.493 e. The van der Waals surface area contributed by atoms with Gasteiger partial charge in [-0.2, -0.15) is 0 Å². The molecule has 1 rings (SSSR count). The first-order chi connectivity index (χ1) is 9.03. The average molecular weight is 268 g/mol. The van der Waals surface area contributed by atoms with E-state index >= 15 is 0 Å². The van der Waals surface area contributed by atoms with Crippen molar-refractivity contribution < 1.29 is 14.6 Å². The van der Waals surface area contributed by atoms with Crippen molar-refractivity contribution in [1.29, 1.82) is 0 Å². The fraction of sp³-hybridized carbons (Fsp3) is 0.571. The number of likely N-dealkylation sites (N-methyl/N-ethyl adjacent to an activating group) is 1. The monoisotopic (exact) mass is 268 g/mol. The van der Waals surface area contributed by atoms with Gasteiger partial charge in [0.1, 0.15) is 0 Å². The molecule has 5 heteroatoms. The minimum Gasteiger partial charge on any atom is -0.493 e. The average Bonchev–Trinajstić information content (AvgIpc) is 2.38. The molecule has 0 heterocycles. The molecule has 0 aliphatic rings. The molecule has 0 aliphatic carbocycles. The summed E-state index contributed by atoms with van der Waals surface area (Å²) in [4.78, 5) is 2.00. The van der Waals surface area contributed by atoms with Gasteiger partial charge in [-0.3, -0.25) is 0 Å². The van der Waals surface area contributed by atoms with Gasteiger partial charge < -0.3 is 25.2 Å². The molecule has 3 N–H and O–H groups in total. The van der Waals surface area contributed by atoms with Crippen LogP contribution < -0.4 is 20.1 Å². The first kappa shape index (κ1) is 15.6. The van der Waals surface area contributed by atoms with Crippen LogP contribution in [0.3, 0.4) is 0 Å². The number of methoxy groups -OCH3 is 2. The van der Waals surface area contributed by atoms with Crippen LogP contribution in [0.2, 0.25) is 0 Å². The second-order valence-corrected chi connectivity index (χ2v) is 4.61. The van der Waals surface area contributed by atoms with Crippen molar-refractivity contribution in [1.82, 2.24) is 0 Å². The third-order valence-electron chi connectivity index (χ3n) is 3.10. The van der Waals surface area contributed by atoms with E-state index in [2.05, 4.69) is 0 Å². The van der Waals surface area contributed by atoms with Crippen LogP contribution >= 0.6 is 0 Å². The molecule has 19 heavy (non-hydrogen) atoms. The molecule has 1 unspecified atom stereocenters. The summed E-state index contributed by atoms with van der Waals surface area (Å²) in [6.45, 7) is 3.02. The van der Waals surface area contributed by atoms with Gasteiger partial charge in [-0.15, -0.1) is 0 Å². The van der Waals surface area contributed by atoms with Crippen LogP contribution in [0.1, 0.15) is 12.0 Å². The quantitative estimate of drug-likeness (QED) is 0.776. The number of anilines is 1. The molecule has 0 aromatic heterocycles. The standard InChI is InChI=1S/C14H24N2O3/c1-10-7-13(18-3)14(19-4)8-12(10)16(2)9-11(17)5-6-15/h7-8,11,17H,5-6,9,15H2,1-4H3. The van der Waals surface area contributed by atoms with Gasteiger partial charge in [-0.25, -0.2) is 0 Å². The molecule has 5 nitrogen and oxygen atoms in total. The zero-order valence-corrected chi connectivity index (χ0v) is 12.1. The number of aliphatic hydroxyl groups is 1. The van der Waals surface area contributed by atoms with Gasteiger partial charge in [-0.1, -0.05) is 0 Å². The molecule has 0 fully saturated rings. The summed E-state index contributed by atoms with van der Waals surface area (Å²) < 4.78 is 10.6. The van der Waals surface area contributed by atoms with Crippen LogP contribution in [0.5, 0.6) is 11.5 Å². The maximum absolute atomic E-state index is 9.82. The highest BCUT2D eigenvalue weighted by Gasteiger charge is 2.14. The van der Waals surface area contributed by atoms with E-state index in [0.29, 0.717) is 31.0 Å². The Bertz CT molecular complexity index is 410. The fourth-order valence-corrected chi connectivity index (χ4v) is 2.08. The first-order valence-corrected chi connectivity index (χ1v) is 6.35. The van der Waals surface area contributed by atoms with Crippen molar-refractivity contribution >= 4 is 5.69 Å². The molecule has 0 saturated carbocycles. The lowest BCUT2D eigenvalue weighted by molar-refractivity contribution is 0.174. The van der Waals surface area contributed by atoms with Gasteiger partial charge in [0, 0.05) is 25.3 Å². The Morgan fingerprint density at radius 2 is 1.84 bits per heavy atom. The van der Waals surface area contributed by atoms with E-state index < -0.39 is 6.10 Å². The van der Waals surface area contributed by atoms with Gasteiger partial charge in [-0.05, 0) is 31.5 Å². The van der Waals surface area contributed by atoms with Crippen molar-refractivity contribution in [3.8, 4) is 11.5 Å². The maximum Gasteiger partial charge on any atom is 0.162 e. The second-order valence-electron chi connectivity index (χ2n) is 4.61. The first-order valence-electron chi connectivity index (χ1n) is 6.35. The smallest absolute Gasteiger partial charge is 0.162 e. The van der Waals surface area contributed by atoms with E-state index in [9.17, 15) is 5.11 Å². The minimum atomic E-state index is -0.428. The predicted molar refractivity (Wildman–Crippen MR) is 77.2 cm³/mol. The molecule has 1 atom stereocenters. The van der Waals surface area contributed by atoms with Crippen LogP contribution in [0.25, 0.3) is 0 Å². The number of aliphatic hydroxyl groups excluding tert-OH is 1. The summed E-state index contributed by atoms with van der Waals surface area (Å²) in [6.07, 6.45) is 0.166. The molecule has 0 spiro atoms. The Morgan fingerprint density at radius 3 is 2.37 bits per heavy atom. The molecule has 108 valence electrons. The number of ether oxygens (including phenoxy) is 2. The Labute approximate surface area is 114 Å². The maximum atomic E-state index is 9.82. The number of hydrogen-bond acceptors (Lipinski definition) is 5. The van der Waals surface area contributed by atoms with E-state index in [1.807, 2.05) is 31.0 Å². The molecule has 0 saturated heterocycles. The molecule has 1 aromatic carbocycles. The molecule has 0 radical (unpaired) electrons. The Morgan fingerprint density at radius 1 is 1.26 bits per heavy atom. The second kappa shape index (κ2) is 7.21. The third kappa shape index (κ3) is 4.01. The summed E-state index contributed by atoms with van der Waals surface area (Å²) in [5.74, 6) is 1.39. The van der Waals surface area contributed by atoms with Crippen LogP contribution in [-0.4, -0.2) is 45.6 Å². The summed E-state index contributed by atoms with van der Waals surface area (Å²) in [6, 6.07) is 3.85. The van der Waals surface area contributed by atoms with Gasteiger partial charge >= 0.3 is 0 Å². The normalized spacial score (nSPS) is 12.1. The Balaban J connectivity index is 2.93. The van der Waals surface area contributed by atoms with Gasteiger partial charge in [0.25, 0.3) is 0 Å². The summed E-state index contributed by atoms with van der Waals surface area (Å²) >= 11 is 0. The lowest BCUT2D eigenvalue weighted by atomic mass is 10.1. The third-order valence-corrected chi connectivity index (χ3v) is 3.10. The van der Waals surface area contributed by atoms with Gasteiger partial charge in [0.15, 0.2) is 11.5 Å². The molecule has 1 aromatic rings. The highest BCUT2D eigenvalue weighted by Crippen LogP contribution is 2.34. The van der Waals surface area contributed by atoms with Crippen molar-refractivity contribution in [3.05, 3.63) is 17.7 Å². The van der Waals surface area contributed by atoms with Crippen molar-refractivity contribution in [2.75, 3.05) is 39.3 Å². The molecule has 0 aliphatic heterocycles. The van der Waals surface area contributed by atoms with Crippen LogP contribution in [-0.2, 0) is 0 Å². The zero-order valence-electron chi connectivity index (χ0n) is 12.1. The van der Waals surface area contributed by atoms with Gasteiger partial charge in [0.05, 0.1) is 20.3 Å². The van der Waals surface area contributed by atoms with Crippen molar-refractivity contribution in [2.45, 2.75) is 19.4 Å². The van der Waals surface area contributed by atoms with Crippen LogP contribution in [0.15, 0.2) is 12.1 Å². The number of nitrogens with two attached hydrogens (primary N) is 1. The number of nitrogens with zero attached hydrogens (tertiary/aromatic N) is 1. The number of benzene rings is 1. The summed E-state index contributed by atoms with van der Waals surface area (Å²) in [5, 5.41) is 9.82. The predicted octanol–water partition coefficient (Wildman–Crippen LogP) is 1.16. The van der Waals surface area contributed by atoms with Crippen molar-refractivity contribution in [3.63, 3.8) is 0 Å². The van der Waals surface area contributed by atoms with E-state index in [4.69, 9.17) is 15.2 Å². The lowest BCUT2D eigenvalue weighted by Crippen LogP contribution is -2.31. The zero-order chi connectivity index (χ0) is 14.4. The highest BCUT2D eigenvalue weighted by atomic mass is 16.5. The van der Waals surface area contributed by atoms with E-state index in [0.717, 1.165) is 11.3 Å². The van der Waals surface area contributed by atoms with Crippen LogP contribution in [0, 0.1) is 6.92 Å². The Kier molecular flexibility index (Phi) is 5.92. The van der Waals surface area contributed by atoms with E-state index in [1.165, 1.54) is 0 Å². The number of hydrogen-bond donors (Lipinski definition) is 2. The van der Waals surface area contributed by atoms with E-state index in [1.54, 1.807) is 14.2 Å². The fourth-order valence-electron chi connectivity index (χ4n) is 2.08. The van der Waals surface area contributed by atoms with Crippen molar-refractivity contribution in [2.24, 2.45) is 5.73 Å². The highest BCUT2D eigenvalue weighted by molar-refractivity contribution is 5.61. The van der Waals surface area contributed by atoms with Gasteiger partial charge in [0.2, 0.25) is 0 Å². The number of rotatable bonds is 7. The molecule has 0 bridgehead atoms. The Hall–Kier alpha value is -1.46. The SMILES string of the molecule is COc1cc(C)c(N(C)CC(O)CCN)cc1OC. The van der Waals surface area contributed by atoms with Crippen LogP contribution in [0.4, 0.5) is 5.69 Å². The minimum absolute atomic E-state index is 0.428. The summed E-state index contributed by atoms with van der Waals surface area (Å²) in [5.41, 5.74) is 7.52. The molecular weight excluding hydrogens is 244 g/mol. The summed E-state index contributed by atoms with van der Waals surface area (Å²) in [7, 11) is 5.17. The van der Waals surface area contributed by atoms with E-state index in [-0.39, 0.29) is 0 Å².